The van der Waals surface area contributed by atoms with E-state index in [4.69, 9.17) is 21.3 Å². The maximum atomic E-state index is 12.9. The van der Waals surface area contributed by atoms with Crippen LogP contribution >= 0.6 is 0 Å². The molecule has 7 N–H and O–H groups in total. The molecule has 1 atom stereocenters. The Morgan fingerprint density at radius 1 is 0.935 bits per heavy atom. The number of phenolic OH excluding ortho intramolecular Hbond substituents is 2. The van der Waals surface area contributed by atoms with Gasteiger partial charge in [0, 0.05) is 17.2 Å². The molecule has 0 radical (unpaired) electrons. The molecule has 2 aromatic rings. The quantitative estimate of drug-likeness (QED) is 0.205. The zero-order valence-corrected chi connectivity index (χ0v) is 16.3. The Balaban J connectivity index is 1.97. The highest BCUT2D eigenvalue weighted by Crippen LogP contribution is 2.39. The summed E-state index contributed by atoms with van der Waals surface area (Å²) in [4.78, 5) is 49.2. The number of carboxylic acid groups (broad SMARTS) is 1. The predicted molar refractivity (Wildman–Crippen MR) is 107 cm³/mol. The number of rotatable bonds is 7. The molecule has 0 aromatic heterocycles. The normalized spacial score (nSPS) is 13.4. The fourth-order valence-corrected chi connectivity index (χ4v) is 3.33. The van der Waals surface area contributed by atoms with E-state index in [2.05, 4.69) is 0 Å². The third-order valence-corrected chi connectivity index (χ3v) is 4.89. The number of fused-ring (bicyclic) bond motifs is 2. The summed E-state index contributed by atoms with van der Waals surface area (Å²) in [7, 11) is 0. The Bertz CT molecular complexity index is 1110. The van der Waals surface area contributed by atoms with Gasteiger partial charge in [-0.2, -0.15) is 0 Å². The SMILES string of the molecule is NCCCC[C@H](N)C(=O)Oc1cc(O)c2c(c1)C(=O)c1cc(C(=O)O)cc(O)c1C2=O. The van der Waals surface area contributed by atoms with Gasteiger partial charge in [-0.1, -0.05) is 6.42 Å². The Morgan fingerprint density at radius 3 is 2.16 bits per heavy atom. The average molecular weight is 428 g/mol. The summed E-state index contributed by atoms with van der Waals surface area (Å²) in [6, 6.07) is 2.94. The van der Waals surface area contributed by atoms with Crippen LogP contribution in [0.1, 0.15) is 61.5 Å². The van der Waals surface area contributed by atoms with E-state index in [-0.39, 0.29) is 22.4 Å². The number of aromatic carboxylic acids is 1. The summed E-state index contributed by atoms with van der Waals surface area (Å²) in [6.07, 6.45) is 1.62. The van der Waals surface area contributed by atoms with Gasteiger partial charge >= 0.3 is 11.9 Å². The van der Waals surface area contributed by atoms with Gasteiger partial charge in [0.25, 0.3) is 0 Å². The van der Waals surface area contributed by atoms with E-state index >= 15 is 0 Å². The number of nitrogens with two attached hydrogens (primary N) is 2. The summed E-state index contributed by atoms with van der Waals surface area (Å²) in [6.45, 7) is 0.456. The second kappa shape index (κ2) is 8.54. The van der Waals surface area contributed by atoms with Gasteiger partial charge in [0.1, 0.15) is 23.3 Å². The van der Waals surface area contributed by atoms with Crippen molar-refractivity contribution in [1.82, 2.24) is 0 Å². The molecule has 31 heavy (non-hydrogen) atoms. The van der Waals surface area contributed by atoms with E-state index in [0.29, 0.717) is 25.8 Å². The van der Waals surface area contributed by atoms with Gasteiger partial charge in [0.05, 0.1) is 16.7 Å². The van der Waals surface area contributed by atoms with Crippen LogP contribution in [0.2, 0.25) is 0 Å². The summed E-state index contributed by atoms with van der Waals surface area (Å²) in [5.74, 6) is -5.43. The monoisotopic (exact) mass is 428 g/mol. The van der Waals surface area contributed by atoms with Crippen molar-refractivity contribution < 1.29 is 39.2 Å². The molecule has 2 aromatic carbocycles. The number of ketones is 2. The zero-order chi connectivity index (χ0) is 22.9. The van der Waals surface area contributed by atoms with Crippen molar-refractivity contribution in [3.8, 4) is 17.2 Å². The van der Waals surface area contributed by atoms with Gasteiger partial charge in [-0.3, -0.25) is 9.59 Å². The van der Waals surface area contributed by atoms with Crippen molar-refractivity contribution >= 4 is 23.5 Å². The van der Waals surface area contributed by atoms with Crippen LogP contribution in [0.25, 0.3) is 0 Å². The highest BCUT2D eigenvalue weighted by atomic mass is 16.5. The predicted octanol–water partition coefficient (Wildman–Crippen LogP) is 0.933. The second-order valence-corrected chi connectivity index (χ2v) is 7.06. The van der Waals surface area contributed by atoms with Crippen LogP contribution in [0.5, 0.6) is 17.2 Å². The molecule has 162 valence electrons. The summed E-state index contributed by atoms with van der Waals surface area (Å²) in [5, 5.41) is 29.6. The lowest BCUT2D eigenvalue weighted by Crippen LogP contribution is -2.34. The molecular weight excluding hydrogens is 408 g/mol. The molecule has 0 aliphatic heterocycles. The van der Waals surface area contributed by atoms with E-state index in [1.807, 2.05) is 0 Å². The van der Waals surface area contributed by atoms with Crippen LogP contribution in [0.3, 0.4) is 0 Å². The molecule has 10 nitrogen and oxygen atoms in total. The summed E-state index contributed by atoms with van der Waals surface area (Å²) < 4.78 is 5.15. The maximum absolute atomic E-state index is 12.9. The molecule has 0 spiro atoms. The molecule has 0 heterocycles. The molecular formula is C21H20N2O8. The zero-order valence-electron chi connectivity index (χ0n) is 16.3. The fraction of sp³-hybridized carbons (Fsp3) is 0.238. The first-order chi connectivity index (χ1) is 14.6. The minimum absolute atomic E-state index is 0.210. The lowest BCUT2D eigenvalue weighted by Gasteiger charge is -2.21. The average Bonchev–Trinajstić information content (AvgIpc) is 2.70. The first-order valence-electron chi connectivity index (χ1n) is 9.39. The van der Waals surface area contributed by atoms with Crippen molar-refractivity contribution in [3.63, 3.8) is 0 Å². The molecule has 0 unspecified atom stereocenters. The van der Waals surface area contributed by atoms with Gasteiger partial charge in [0.15, 0.2) is 5.78 Å². The molecule has 0 saturated heterocycles. The Labute approximate surface area is 176 Å². The highest BCUT2D eigenvalue weighted by Gasteiger charge is 2.36. The molecule has 10 heteroatoms. The number of unbranched alkanes of at least 4 members (excludes halogenated alkanes) is 1. The molecule has 3 rings (SSSR count). The standard InChI is InChI=1S/C21H20N2O8/c22-4-2-1-3-13(23)21(30)31-10-7-12-17(15(25)8-10)19(27)16-11(18(12)26)5-9(20(28)29)6-14(16)24/h5-8,13,24-25H,1-4,22-23H2,(H,28,29)/t13-/m0/s1. The molecule has 1 aliphatic carbocycles. The summed E-state index contributed by atoms with van der Waals surface area (Å²) >= 11 is 0. The summed E-state index contributed by atoms with van der Waals surface area (Å²) in [5.41, 5.74) is 9.35. The number of benzene rings is 2. The lowest BCUT2D eigenvalue weighted by molar-refractivity contribution is -0.136. The van der Waals surface area contributed by atoms with E-state index in [1.54, 1.807) is 0 Å². The van der Waals surface area contributed by atoms with Crippen LogP contribution in [0.15, 0.2) is 24.3 Å². The molecule has 0 amide bonds. The number of aromatic hydroxyl groups is 2. The topological polar surface area (TPSA) is 190 Å². The second-order valence-electron chi connectivity index (χ2n) is 7.06. The molecule has 0 bridgehead atoms. The first kappa shape index (κ1) is 21.9. The minimum atomic E-state index is -1.40. The number of phenols is 2. The van der Waals surface area contributed by atoms with E-state index in [0.717, 1.165) is 24.3 Å². The highest BCUT2D eigenvalue weighted by molar-refractivity contribution is 6.30. The third kappa shape index (κ3) is 4.11. The minimum Gasteiger partial charge on any atom is -0.507 e. The van der Waals surface area contributed by atoms with Crippen molar-refractivity contribution in [2.24, 2.45) is 11.5 Å². The smallest absolute Gasteiger partial charge is 0.335 e. The number of carbonyl (C=O) groups excluding carboxylic acids is 3. The number of carboxylic acids is 1. The van der Waals surface area contributed by atoms with Gasteiger partial charge in [-0.25, -0.2) is 9.59 Å². The van der Waals surface area contributed by atoms with Crippen LogP contribution in [-0.2, 0) is 4.79 Å². The van der Waals surface area contributed by atoms with Gasteiger partial charge in [-0.15, -0.1) is 0 Å². The number of hydrogen-bond donors (Lipinski definition) is 5. The third-order valence-electron chi connectivity index (χ3n) is 4.89. The number of esters is 1. The maximum Gasteiger partial charge on any atom is 0.335 e. The van der Waals surface area contributed by atoms with Crippen molar-refractivity contribution in [2.45, 2.75) is 25.3 Å². The number of hydrogen-bond acceptors (Lipinski definition) is 9. The van der Waals surface area contributed by atoms with E-state index < -0.39 is 52.2 Å². The Hall–Kier alpha value is -3.76. The lowest BCUT2D eigenvalue weighted by atomic mass is 9.82. The van der Waals surface area contributed by atoms with Crippen LogP contribution < -0.4 is 16.2 Å². The van der Waals surface area contributed by atoms with E-state index in [9.17, 15) is 29.4 Å². The fourth-order valence-electron chi connectivity index (χ4n) is 3.33. The van der Waals surface area contributed by atoms with Crippen LogP contribution in [-0.4, -0.2) is 51.4 Å². The van der Waals surface area contributed by atoms with Gasteiger partial charge < -0.3 is 31.5 Å². The van der Waals surface area contributed by atoms with E-state index in [1.165, 1.54) is 0 Å². The number of ether oxygens (including phenoxy) is 1. The largest absolute Gasteiger partial charge is 0.507 e. The number of carbonyl (C=O) groups is 4. The molecule has 0 fully saturated rings. The molecule has 0 saturated carbocycles. The van der Waals surface area contributed by atoms with Crippen LogP contribution in [0.4, 0.5) is 0 Å². The molecule has 1 aliphatic rings. The van der Waals surface area contributed by atoms with Gasteiger partial charge in [0.2, 0.25) is 5.78 Å². The Morgan fingerprint density at radius 2 is 1.55 bits per heavy atom. The van der Waals surface area contributed by atoms with Crippen molar-refractivity contribution in [2.75, 3.05) is 6.54 Å². The Kier molecular flexibility index (Phi) is 6.04. The van der Waals surface area contributed by atoms with Crippen molar-refractivity contribution in [3.05, 3.63) is 52.1 Å². The van der Waals surface area contributed by atoms with Crippen LogP contribution in [0, 0.1) is 0 Å². The first-order valence-corrected chi connectivity index (χ1v) is 9.39. The van der Waals surface area contributed by atoms with Gasteiger partial charge in [-0.05, 0) is 37.6 Å². The van der Waals surface area contributed by atoms with Crippen molar-refractivity contribution in [1.29, 1.82) is 0 Å².